The summed E-state index contributed by atoms with van der Waals surface area (Å²) in [5.41, 5.74) is 1.04. The van der Waals surface area contributed by atoms with Crippen molar-refractivity contribution in [2.45, 2.75) is 111 Å². The molecule has 0 amide bonds. The highest BCUT2D eigenvalue weighted by atomic mass is 16.5. The fourth-order valence-electron chi connectivity index (χ4n) is 3.59. The van der Waals surface area contributed by atoms with E-state index in [2.05, 4.69) is 32.9 Å². The maximum Gasteiger partial charge on any atom is 0.311 e. The Balaban J connectivity index is 2.04. The second kappa shape index (κ2) is 13.8. The molecule has 31 heavy (non-hydrogen) atoms. The van der Waals surface area contributed by atoms with Gasteiger partial charge in [0.05, 0.1) is 18.1 Å². The second-order valence-corrected chi connectivity index (χ2v) is 10.4. The smallest absolute Gasteiger partial charge is 0.311 e. The molecule has 0 fully saturated rings. The average Bonchev–Trinajstić information content (AvgIpc) is 2.70. The molecular weight excluding hydrogens is 388 g/mol. The number of benzene rings is 1. The molecule has 178 valence electrons. The predicted molar refractivity (Wildman–Crippen MR) is 129 cm³/mol. The number of hydrogen-bond donors (Lipinski definition) is 1. The molecule has 0 aliphatic heterocycles. The summed E-state index contributed by atoms with van der Waals surface area (Å²) in [7, 11) is 0. The van der Waals surface area contributed by atoms with Gasteiger partial charge in [0, 0.05) is 0 Å². The normalized spacial score (nSPS) is 13.1. The number of rotatable bonds is 15. The van der Waals surface area contributed by atoms with E-state index in [1.807, 2.05) is 32.9 Å². The molecule has 0 aliphatic rings. The van der Waals surface area contributed by atoms with Crippen molar-refractivity contribution < 1.29 is 19.4 Å². The Kier molecular flexibility index (Phi) is 12.2. The number of carbonyl (C=O) groups excluding carboxylic acids is 1. The topological polar surface area (TPSA) is 55.8 Å². The van der Waals surface area contributed by atoms with Crippen LogP contribution in [0, 0.1) is 5.41 Å². The van der Waals surface area contributed by atoms with Gasteiger partial charge in [0.2, 0.25) is 0 Å². The van der Waals surface area contributed by atoms with E-state index in [0.29, 0.717) is 13.2 Å². The third-order valence-electron chi connectivity index (χ3n) is 5.83. The summed E-state index contributed by atoms with van der Waals surface area (Å²) in [5.74, 6) is 0.734. The molecule has 0 bridgehead atoms. The maximum absolute atomic E-state index is 11.9. The van der Waals surface area contributed by atoms with Crippen LogP contribution in [-0.4, -0.2) is 30.4 Å². The van der Waals surface area contributed by atoms with Crippen molar-refractivity contribution in [2.24, 2.45) is 5.41 Å². The van der Waals surface area contributed by atoms with Crippen LogP contribution in [0.15, 0.2) is 24.3 Å². The van der Waals surface area contributed by atoms with Crippen molar-refractivity contribution in [2.75, 3.05) is 13.2 Å². The standard InChI is InChI=1S/C27H46O4/c1-7-30-25(29)27(5,6)20-14-12-10-8-9-11-13-15-23(28)21-31-24-18-16-22(17-19-24)26(2,3)4/h16-19,23,28H,7-15,20-21H2,1-6H3. The van der Waals surface area contributed by atoms with Gasteiger partial charge in [0.1, 0.15) is 12.4 Å². The molecule has 0 aromatic heterocycles. The van der Waals surface area contributed by atoms with E-state index >= 15 is 0 Å². The quantitative estimate of drug-likeness (QED) is 0.243. The van der Waals surface area contributed by atoms with Gasteiger partial charge in [-0.05, 0) is 56.7 Å². The zero-order valence-corrected chi connectivity index (χ0v) is 20.8. The van der Waals surface area contributed by atoms with Crippen molar-refractivity contribution >= 4 is 5.97 Å². The summed E-state index contributed by atoms with van der Waals surface area (Å²) >= 11 is 0. The molecule has 4 nitrogen and oxygen atoms in total. The molecule has 1 rings (SSSR count). The molecule has 1 aromatic carbocycles. The molecule has 0 saturated heterocycles. The van der Waals surface area contributed by atoms with Crippen LogP contribution in [0.4, 0.5) is 0 Å². The summed E-state index contributed by atoms with van der Waals surface area (Å²) in [5, 5.41) is 10.2. The predicted octanol–water partition coefficient (Wildman–Crippen LogP) is 6.82. The third-order valence-corrected chi connectivity index (χ3v) is 5.83. The molecule has 4 heteroatoms. The van der Waals surface area contributed by atoms with Crippen molar-refractivity contribution in [1.82, 2.24) is 0 Å². The highest BCUT2D eigenvalue weighted by Crippen LogP contribution is 2.26. The molecule has 0 heterocycles. The van der Waals surface area contributed by atoms with E-state index in [4.69, 9.17) is 9.47 Å². The molecule has 1 N–H and O–H groups in total. The number of aliphatic hydroxyl groups excluding tert-OH is 1. The summed E-state index contributed by atoms with van der Waals surface area (Å²) < 4.78 is 10.9. The van der Waals surface area contributed by atoms with Crippen LogP contribution in [0.2, 0.25) is 0 Å². The molecule has 0 aliphatic carbocycles. The number of ether oxygens (including phenoxy) is 2. The number of unbranched alkanes of at least 4 members (excludes halogenated alkanes) is 6. The monoisotopic (exact) mass is 434 g/mol. The van der Waals surface area contributed by atoms with Crippen LogP contribution in [-0.2, 0) is 14.9 Å². The molecule has 0 radical (unpaired) electrons. The van der Waals surface area contributed by atoms with Crippen molar-refractivity contribution in [3.63, 3.8) is 0 Å². The minimum Gasteiger partial charge on any atom is -0.491 e. The lowest BCUT2D eigenvalue weighted by molar-refractivity contribution is -0.153. The molecule has 1 atom stereocenters. The van der Waals surface area contributed by atoms with Gasteiger partial charge >= 0.3 is 5.97 Å². The Bertz CT molecular complexity index is 613. The van der Waals surface area contributed by atoms with Crippen molar-refractivity contribution in [3.8, 4) is 5.75 Å². The number of carbonyl (C=O) groups is 1. The summed E-state index contributed by atoms with van der Waals surface area (Å²) in [6.07, 6.45) is 9.28. The van der Waals surface area contributed by atoms with Crippen LogP contribution < -0.4 is 4.74 Å². The number of esters is 1. The second-order valence-electron chi connectivity index (χ2n) is 10.4. The van der Waals surface area contributed by atoms with Gasteiger partial charge < -0.3 is 14.6 Å². The van der Waals surface area contributed by atoms with Crippen molar-refractivity contribution in [1.29, 1.82) is 0 Å². The van der Waals surface area contributed by atoms with Crippen LogP contribution in [0.3, 0.4) is 0 Å². The first kappa shape index (κ1) is 27.5. The van der Waals surface area contributed by atoms with E-state index in [-0.39, 0.29) is 16.8 Å². The van der Waals surface area contributed by atoms with Crippen LogP contribution in [0.25, 0.3) is 0 Å². The minimum atomic E-state index is -0.410. The Morgan fingerprint density at radius 2 is 1.45 bits per heavy atom. The lowest BCUT2D eigenvalue weighted by Gasteiger charge is -2.21. The van der Waals surface area contributed by atoms with E-state index in [9.17, 15) is 9.90 Å². The van der Waals surface area contributed by atoms with Gasteiger partial charge in [-0.15, -0.1) is 0 Å². The van der Waals surface area contributed by atoms with Crippen LogP contribution >= 0.6 is 0 Å². The summed E-state index contributed by atoms with van der Waals surface area (Å²) in [4.78, 5) is 11.9. The summed E-state index contributed by atoms with van der Waals surface area (Å²) in [6, 6.07) is 8.17. The van der Waals surface area contributed by atoms with Crippen LogP contribution in [0.5, 0.6) is 5.75 Å². The van der Waals surface area contributed by atoms with E-state index < -0.39 is 6.10 Å². The molecule has 0 saturated carbocycles. The Hall–Kier alpha value is -1.55. The number of hydrogen-bond acceptors (Lipinski definition) is 4. The Labute approximate surface area is 190 Å². The largest absolute Gasteiger partial charge is 0.491 e. The van der Waals surface area contributed by atoms with E-state index in [1.54, 1.807) is 0 Å². The first-order chi connectivity index (χ1) is 14.6. The van der Waals surface area contributed by atoms with Gasteiger partial charge in [-0.2, -0.15) is 0 Å². The van der Waals surface area contributed by atoms with Gasteiger partial charge in [-0.3, -0.25) is 4.79 Å². The van der Waals surface area contributed by atoms with E-state index in [1.165, 1.54) is 24.8 Å². The first-order valence-corrected chi connectivity index (χ1v) is 12.1. The van der Waals surface area contributed by atoms with Crippen molar-refractivity contribution in [3.05, 3.63) is 29.8 Å². The average molecular weight is 435 g/mol. The SMILES string of the molecule is CCOC(=O)C(C)(C)CCCCCCCCCC(O)COc1ccc(C(C)(C)C)cc1. The van der Waals surface area contributed by atoms with Gasteiger partial charge in [-0.1, -0.05) is 77.8 Å². The highest BCUT2D eigenvalue weighted by Gasteiger charge is 2.28. The number of aliphatic hydroxyl groups is 1. The highest BCUT2D eigenvalue weighted by molar-refractivity contribution is 5.75. The van der Waals surface area contributed by atoms with Crippen LogP contribution in [0.1, 0.15) is 105 Å². The first-order valence-electron chi connectivity index (χ1n) is 12.1. The minimum absolute atomic E-state index is 0.0838. The Morgan fingerprint density at radius 1 is 0.903 bits per heavy atom. The summed E-state index contributed by atoms with van der Waals surface area (Å²) in [6.45, 7) is 13.2. The third kappa shape index (κ3) is 11.6. The molecule has 1 aromatic rings. The van der Waals surface area contributed by atoms with Gasteiger partial charge in [0.25, 0.3) is 0 Å². The van der Waals surface area contributed by atoms with Gasteiger partial charge in [0.15, 0.2) is 0 Å². The zero-order valence-electron chi connectivity index (χ0n) is 20.8. The van der Waals surface area contributed by atoms with E-state index in [0.717, 1.165) is 44.3 Å². The lowest BCUT2D eigenvalue weighted by atomic mass is 9.87. The fraction of sp³-hybridized carbons (Fsp3) is 0.741. The lowest BCUT2D eigenvalue weighted by Crippen LogP contribution is -2.26. The molecular formula is C27H46O4. The fourth-order valence-corrected chi connectivity index (χ4v) is 3.59. The Morgan fingerprint density at radius 3 is 2.00 bits per heavy atom. The van der Waals surface area contributed by atoms with Gasteiger partial charge in [-0.25, -0.2) is 0 Å². The molecule has 0 spiro atoms. The maximum atomic E-state index is 11.9. The zero-order chi connectivity index (χ0) is 23.3. The molecule has 1 unspecified atom stereocenters.